The molecule has 0 aliphatic carbocycles. The summed E-state index contributed by atoms with van der Waals surface area (Å²) in [5.74, 6) is 1.01. The van der Waals surface area contributed by atoms with Crippen molar-refractivity contribution in [1.82, 2.24) is 4.90 Å². The number of aryl methyl sites for hydroxylation is 1. The molecular weight excluding hydrogens is 305 g/mol. The van der Waals surface area contributed by atoms with Gasteiger partial charge in [0.1, 0.15) is 11.6 Å². The number of amides is 1. The van der Waals surface area contributed by atoms with E-state index in [1.165, 1.54) is 17.7 Å². The summed E-state index contributed by atoms with van der Waals surface area (Å²) in [7, 11) is 0. The topological polar surface area (TPSA) is 29.5 Å². The quantitative estimate of drug-likeness (QED) is 0.828. The van der Waals surface area contributed by atoms with Gasteiger partial charge in [0.25, 0.3) is 5.91 Å². The molecule has 2 aromatic carbocycles. The highest BCUT2D eigenvalue weighted by molar-refractivity contribution is 5.94. The number of likely N-dealkylation sites (tertiary alicyclic amines) is 1. The fourth-order valence-electron chi connectivity index (χ4n) is 3.01. The van der Waals surface area contributed by atoms with Crippen LogP contribution in [-0.2, 0) is 0 Å². The Kier molecular flexibility index (Phi) is 5.14. The van der Waals surface area contributed by atoms with Crippen LogP contribution in [0.3, 0.4) is 0 Å². The molecule has 0 bridgehead atoms. The highest BCUT2D eigenvalue weighted by atomic mass is 19.1. The van der Waals surface area contributed by atoms with Crippen LogP contribution in [0.4, 0.5) is 4.39 Å². The molecule has 0 saturated carbocycles. The van der Waals surface area contributed by atoms with E-state index in [2.05, 4.69) is 6.92 Å². The van der Waals surface area contributed by atoms with E-state index in [4.69, 9.17) is 4.74 Å². The largest absolute Gasteiger partial charge is 0.494 e. The van der Waals surface area contributed by atoms with Gasteiger partial charge in [-0.25, -0.2) is 4.39 Å². The van der Waals surface area contributed by atoms with E-state index >= 15 is 0 Å². The minimum Gasteiger partial charge on any atom is -0.494 e. The Morgan fingerprint density at radius 3 is 2.58 bits per heavy atom. The maximum absolute atomic E-state index is 13.0. The summed E-state index contributed by atoms with van der Waals surface area (Å²) in [6.45, 7) is 4.21. The Morgan fingerprint density at radius 2 is 1.88 bits per heavy atom. The lowest BCUT2D eigenvalue weighted by molar-refractivity contribution is 0.0785. The molecule has 2 aromatic rings. The van der Waals surface area contributed by atoms with Crippen molar-refractivity contribution in [3.8, 4) is 5.75 Å². The summed E-state index contributed by atoms with van der Waals surface area (Å²) >= 11 is 0. The SMILES string of the molecule is Cc1ccc(OCCC2CCN(C(=O)c3ccc(F)cc3)C2)cc1. The van der Waals surface area contributed by atoms with Crippen LogP contribution < -0.4 is 4.74 Å². The van der Waals surface area contributed by atoms with E-state index in [9.17, 15) is 9.18 Å². The molecule has 24 heavy (non-hydrogen) atoms. The van der Waals surface area contributed by atoms with Crippen molar-refractivity contribution < 1.29 is 13.9 Å². The molecular formula is C20H22FNO2. The monoisotopic (exact) mass is 327 g/mol. The molecule has 0 N–H and O–H groups in total. The summed E-state index contributed by atoms with van der Waals surface area (Å²) in [5, 5.41) is 0. The number of ether oxygens (including phenoxy) is 1. The Bertz CT molecular complexity index is 682. The first-order valence-corrected chi connectivity index (χ1v) is 8.36. The molecule has 0 spiro atoms. The number of carbonyl (C=O) groups excluding carboxylic acids is 1. The van der Waals surface area contributed by atoms with Crippen LogP contribution in [0.15, 0.2) is 48.5 Å². The number of rotatable bonds is 5. The molecule has 1 aliphatic rings. The van der Waals surface area contributed by atoms with Crippen molar-refractivity contribution in [2.24, 2.45) is 5.92 Å². The summed E-state index contributed by atoms with van der Waals surface area (Å²) in [5.41, 5.74) is 1.76. The first kappa shape index (κ1) is 16.5. The Labute approximate surface area is 142 Å². The van der Waals surface area contributed by atoms with Crippen LogP contribution >= 0.6 is 0 Å². The fraction of sp³-hybridized carbons (Fsp3) is 0.350. The van der Waals surface area contributed by atoms with Crippen molar-refractivity contribution in [2.45, 2.75) is 19.8 Å². The van der Waals surface area contributed by atoms with Gasteiger partial charge in [-0.3, -0.25) is 4.79 Å². The molecule has 126 valence electrons. The predicted octanol–water partition coefficient (Wildman–Crippen LogP) is 4.07. The lowest BCUT2D eigenvalue weighted by atomic mass is 10.1. The molecule has 0 aromatic heterocycles. The molecule has 1 aliphatic heterocycles. The third-order valence-electron chi connectivity index (χ3n) is 4.48. The van der Waals surface area contributed by atoms with Gasteiger partial charge in [0.15, 0.2) is 0 Å². The highest BCUT2D eigenvalue weighted by Gasteiger charge is 2.26. The Hall–Kier alpha value is -2.36. The average molecular weight is 327 g/mol. The van der Waals surface area contributed by atoms with Crippen LogP contribution in [0.25, 0.3) is 0 Å². The van der Waals surface area contributed by atoms with Crippen LogP contribution in [0.2, 0.25) is 0 Å². The molecule has 1 amide bonds. The lowest BCUT2D eigenvalue weighted by Gasteiger charge is -2.17. The zero-order chi connectivity index (χ0) is 16.9. The maximum Gasteiger partial charge on any atom is 0.253 e. The molecule has 1 unspecified atom stereocenters. The third-order valence-corrected chi connectivity index (χ3v) is 4.48. The van der Waals surface area contributed by atoms with E-state index in [0.29, 0.717) is 18.1 Å². The number of nitrogens with zero attached hydrogens (tertiary/aromatic N) is 1. The highest BCUT2D eigenvalue weighted by Crippen LogP contribution is 2.22. The fourth-order valence-corrected chi connectivity index (χ4v) is 3.01. The van der Waals surface area contributed by atoms with Gasteiger partial charge in [-0.1, -0.05) is 17.7 Å². The molecule has 3 nitrogen and oxygen atoms in total. The molecule has 1 heterocycles. The summed E-state index contributed by atoms with van der Waals surface area (Å²) in [6, 6.07) is 13.8. The van der Waals surface area contributed by atoms with Crippen LogP contribution in [-0.4, -0.2) is 30.5 Å². The van der Waals surface area contributed by atoms with Crippen molar-refractivity contribution >= 4 is 5.91 Å². The van der Waals surface area contributed by atoms with E-state index < -0.39 is 0 Å². The maximum atomic E-state index is 13.0. The minimum absolute atomic E-state index is 0.0167. The zero-order valence-electron chi connectivity index (χ0n) is 13.9. The number of hydrogen-bond donors (Lipinski definition) is 0. The first-order chi connectivity index (χ1) is 11.6. The number of hydrogen-bond acceptors (Lipinski definition) is 2. The summed E-state index contributed by atoms with van der Waals surface area (Å²) in [6.07, 6.45) is 1.92. The smallest absolute Gasteiger partial charge is 0.253 e. The average Bonchev–Trinajstić information content (AvgIpc) is 3.06. The Balaban J connectivity index is 1.46. The van der Waals surface area contributed by atoms with Gasteiger partial charge in [-0.05, 0) is 62.1 Å². The molecule has 1 fully saturated rings. The first-order valence-electron chi connectivity index (χ1n) is 8.36. The van der Waals surface area contributed by atoms with E-state index in [0.717, 1.165) is 31.7 Å². The second-order valence-corrected chi connectivity index (χ2v) is 6.36. The minimum atomic E-state index is -0.320. The van der Waals surface area contributed by atoms with E-state index in [-0.39, 0.29) is 11.7 Å². The van der Waals surface area contributed by atoms with Crippen molar-refractivity contribution in [3.63, 3.8) is 0 Å². The van der Waals surface area contributed by atoms with Crippen LogP contribution in [0.5, 0.6) is 5.75 Å². The molecule has 4 heteroatoms. The van der Waals surface area contributed by atoms with Crippen LogP contribution in [0, 0.1) is 18.7 Å². The summed E-state index contributed by atoms with van der Waals surface area (Å²) < 4.78 is 18.7. The predicted molar refractivity (Wildman–Crippen MR) is 91.7 cm³/mol. The second-order valence-electron chi connectivity index (χ2n) is 6.36. The van der Waals surface area contributed by atoms with Gasteiger partial charge in [-0.2, -0.15) is 0 Å². The lowest BCUT2D eigenvalue weighted by Crippen LogP contribution is -2.28. The number of carbonyl (C=O) groups is 1. The van der Waals surface area contributed by atoms with E-state index in [1.54, 1.807) is 12.1 Å². The molecule has 3 rings (SSSR count). The number of halogens is 1. The molecule has 1 saturated heterocycles. The van der Waals surface area contributed by atoms with Gasteiger partial charge in [0, 0.05) is 18.7 Å². The normalized spacial score (nSPS) is 17.1. The van der Waals surface area contributed by atoms with Crippen LogP contribution in [0.1, 0.15) is 28.8 Å². The Morgan fingerprint density at radius 1 is 1.17 bits per heavy atom. The van der Waals surface area contributed by atoms with Gasteiger partial charge in [0.2, 0.25) is 0 Å². The van der Waals surface area contributed by atoms with Gasteiger partial charge >= 0.3 is 0 Å². The van der Waals surface area contributed by atoms with Crippen molar-refractivity contribution in [2.75, 3.05) is 19.7 Å². The van der Waals surface area contributed by atoms with Crippen molar-refractivity contribution in [1.29, 1.82) is 0 Å². The second kappa shape index (κ2) is 7.47. The zero-order valence-corrected chi connectivity index (χ0v) is 13.9. The molecule has 0 radical (unpaired) electrons. The third kappa shape index (κ3) is 4.13. The van der Waals surface area contributed by atoms with Gasteiger partial charge < -0.3 is 9.64 Å². The van der Waals surface area contributed by atoms with Gasteiger partial charge in [0.05, 0.1) is 6.61 Å². The van der Waals surface area contributed by atoms with Crippen molar-refractivity contribution in [3.05, 3.63) is 65.5 Å². The standard InChI is InChI=1S/C20H22FNO2/c1-15-2-8-19(9-3-15)24-13-11-16-10-12-22(14-16)20(23)17-4-6-18(21)7-5-17/h2-9,16H,10-14H2,1H3. The molecule has 1 atom stereocenters. The number of benzene rings is 2. The van der Waals surface area contributed by atoms with Gasteiger partial charge in [-0.15, -0.1) is 0 Å². The van der Waals surface area contributed by atoms with E-state index in [1.807, 2.05) is 29.2 Å². The summed E-state index contributed by atoms with van der Waals surface area (Å²) in [4.78, 5) is 14.3.